The van der Waals surface area contributed by atoms with Crippen molar-refractivity contribution < 1.29 is 18.7 Å². The Morgan fingerprint density at radius 3 is 2.30 bits per heavy atom. The standard InChI is InChI=1S/C5H9F2NO2/c1-5(6,7)2-3(8)4(9)10/h3H,2,8H2,1H3,(H,9,10)/t3-/m1/s1. The van der Waals surface area contributed by atoms with Crippen molar-refractivity contribution >= 4 is 5.97 Å². The maximum atomic E-state index is 12.0. The summed E-state index contributed by atoms with van der Waals surface area (Å²) in [5.41, 5.74) is 4.82. The Morgan fingerprint density at radius 1 is 1.80 bits per heavy atom. The van der Waals surface area contributed by atoms with Gasteiger partial charge in [-0.1, -0.05) is 0 Å². The van der Waals surface area contributed by atoms with Crippen LogP contribution in [0.25, 0.3) is 0 Å². The largest absolute Gasteiger partial charge is 0.480 e. The summed E-state index contributed by atoms with van der Waals surface area (Å²) in [6.45, 7) is 0.635. The highest BCUT2D eigenvalue weighted by Gasteiger charge is 2.28. The lowest BCUT2D eigenvalue weighted by molar-refractivity contribution is -0.140. The Hall–Kier alpha value is -0.710. The van der Waals surface area contributed by atoms with E-state index in [-0.39, 0.29) is 0 Å². The van der Waals surface area contributed by atoms with Gasteiger partial charge in [0.2, 0.25) is 5.92 Å². The van der Waals surface area contributed by atoms with Gasteiger partial charge < -0.3 is 10.8 Å². The Bertz CT molecular complexity index is 132. The number of alkyl halides is 2. The second-order valence-electron chi connectivity index (χ2n) is 2.22. The second kappa shape index (κ2) is 2.92. The lowest BCUT2D eigenvalue weighted by Crippen LogP contribution is -2.35. The van der Waals surface area contributed by atoms with E-state index in [1.165, 1.54) is 0 Å². The molecule has 0 aliphatic rings. The fourth-order valence-electron chi connectivity index (χ4n) is 0.473. The molecule has 0 saturated carbocycles. The molecule has 60 valence electrons. The number of rotatable bonds is 3. The molecule has 0 aliphatic carbocycles. The van der Waals surface area contributed by atoms with Crippen LogP contribution in [0, 0.1) is 0 Å². The summed E-state index contributed by atoms with van der Waals surface area (Å²) in [4.78, 5) is 9.92. The Morgan fingerprint density at radius 2 is 2.20 bits per heavy atom. The molecule has 0 rings (SSSR count). The Labute approximate surface area is 56.8 Å². The molecule has 0 unspecified atom stereocenters. The molecule has 0 aromatic carbocycles. The van der Waals surface area contributed by atoms with Crippen LogP contribution in [0.15, 0.2) is 0 Å². The quantitative estimate of drug-likeness (QED) is 0.618. The van der Waals surface area contributed by atoms with E-state index in [4.69, 9.17) is 10.8 Å². The van der Waals surface area contributed by atoms with Crippen molar-refractivity contribution in [2.75, 3.05) is 0 Å². The second-order valence-corrected chi connectivity index (χ2v) is 2.22. The summed E-state index contributed by atoms with van der Waals surface area (Å²) >= 11 is 0. The first kappa shape index (κ1) is 9.29. The molecule has 0 bridgehead atoms. The number of carbonyl (C=O) groups is 1. The molecular formula is C5H9F2NO2. The summed E-state index contributed by atoms with van der Waals surface area (Å²) in [7, 11) is 0. The summed E-state index contributed by atoms with van der Waals surface area (Å²) in [5.74, 6) is -4.40. The van der Waals surface area contributed by atoms with Gasteiger partial charge in [-0.15, -0.1) is 0 Å². The van der Waals surface area contributed by atoms with Gasteiger partial charge in [-0.3, -0.25) is 4.79 Å². The third-order valence-corrected chi connectivity index (χ3v) is 0.896. The molecular weight excluding hydrogens is 144 g/mol. The van der Waals surface area contributed by atoms with Crippen LogP contribution in [0.4, 0.5) is 8.78 Å². The third kappa shape index (κ3) is 4.20. The molecule has 0 fully saturated rings. The van der Waals surface area contributed by atoms with Crippen molar-refractivity contribution in [1.29, 1.82) is 0 Å². The van der Waals surface area contributed by atoms with E-state index < -0.39 is 24.4 Å². The zero-order valence-electron chi connectivity index (χ0n) is 5.47. The van der Waals surface area contributed by atoms with Crippen molar-refractivity contribution in [1.82, 2.24) is 0 Å². The summed E-state index contributed by atoms with van der Waals surface area (Å²) in [5, 5.41) is 8.09. The van der Waals surface area contributed by atoms with Gasteiger partial charge in [0.1, 0.15) is 6.04 Å². The van der Waals surface area contributed by atoms with Crippen LogP contribution >= 0.6 is 0 Å². The van der Waals surface area contributed by atoms with Gasteiger partial charge in [0.25, 0.3) is 0 Å². The molecule has 0 saturated heterocycles. The van der Waals surface area contributed by atoms with Gasteiger partial charge in [-0.2, -0.15) is 0 Å². The first-order valence-electron chi connectivity index (χ1n) is 2.69. The lowest BCUT2D eigenvalue weighted by atomic mass is 10.1. The number of nitrogens with two attached hydrogens (primary N) is 1. The predicted molar refractivity (Wildman–Crippen MR) is 30.8 cm³/mol. The molecule has 5 heteroatoms. The van der Waals surface area contributed by atoms with Crippen molar-refractivity contribution in [2.45, 2.75) is 25.3 Å². The highest BCUT2D eigenvalue weighted by Crippen LogP contribution is 2.17. The highest BCUT2D eigenvalue weighted by molar-refractivity contribution is 5.73. The maximum absolute atomic E-state index is 12.0. The van der Waals surface area contributed by atoms with E-state index >= 15 is 0 Å². The number of carboxylic acid groups (broad SMARTS) is 1. The fourth-order valence-corrected chi connectivity index (χ4v) is 0.473. The fraction of sp³-hybridized carbons (Fsp3) is 0.800. The van der Waals surface area contributed by atoms with Crippen molar-refractivity contribution in [3.63, 3.8) is 0 Å². The summed E-state index contributed by atoms with van der Waals surface area (Å²) < 4.78 is 24.0. The smallest absolute Gasteiger partial charge is 0.320 e. The monoisotopic (exact) mass is 153 g/mol. The van der Waals surface area contributed by atoms with Gasteiger partial charge in [0.05, 0.1) is 0 Å². The average Bonchev–Trinajstić information content (AvgIpc) is 1.60. The summed E-state index contributed by atoms with van der Waals surface area (Å²) in [6.07, 6.45) is -0.817. The molecule has 10 heavy (non-hydrogen) atoms. The molecule has 3 N–H and O–H groups in total. The SMILES string of the molecule is CC(F)(F)C[C@@H](N)C(=O)O. The van der Waals surface area contributed by atoms with Gasteiger partial charge in [0.15, 0.2) is 0 Å². The van der Waals surface area contributed by atoms with Crippen LogP contribution in [-0.4, -0.2) is 23.0 Å². The lowest BCUT2D eigenvalue weighted by Gasteiger charge is -2.12. The van der Waals surface area contributed by atoms with Crippen LogP contribution < -0.4 is 5.73 Å². The number of hydrogen-bond acceptors (Lipinski definition) is 2. The minimum atomic E-state index is -3.00. The molecule has 0 aliphatic heterocycles. The van der Waals surface area contributed by atoms with Crippen LogP contribution in [0.3, 0.4) is 0 Å². The van der Waals surface area contributed by atoms with Crippen molar-refractivity contribution in [3.05, 3.63) is 0 Å². The van der Waals surface area contributed by atoms with E-state index in [0.29, 0.717) is 6.92 Å². The van der Waals surface area contributed by atoms with Crippen LogP contribution in [0.5, 0.6) is 0 Å². The molecule has 0 heterocycles. The summed E-state index contributed by atoms with van der Waals surface area (Å²) in [6, 6.07) is -1.47. The van der Waals surface area contributed by atoms with E-state index in [9.17, 15) is 13.6 Å². The van der Waals surface area contributed by atoms with E-state index in [2.05, 4.69) is 0 Å². The van der Waals surface area contributed by atoms with Gasteiger partial charge >= 0.3 is 5.97 Å². The zero-order valence-corrected chi connectivity index (χ0v) is 5.47. The molecule has 0 aromatic heterocycles. The zero-order chi connectivity index (χ0) is 8.36. The Kier molecular flexibility index (Phi) is 2.71. The normalized spacial score (nSPS) is 14.8. The average molecular weight is 153 g/mol. The minimum absolute atomic E-state index is 0.635. The first-order valence-corrected chi connectivity index (χ1v) is 2.69. The molecule has 1 atom stereocenters. The van der Waals surface area contributed by atoms with E-state index in [0.717, 1.165) is 0 Å². The topological polar surface area (TPSA) is 63.3 Å². The van der Waals surface area contributed by atoms with Crippen LogP contribution in [0.1, 0.15) is 13.3 Å². The number of aliphatic carboxylic acids is 1. The van der Waals surface area contributed by atoms with E-state index in [1.54, 1.807) is 0 Å². The van der Waals surface area contributed by atoms with Crippen LogP contribution in [-0.2, 0) is 4.79 Å². The molecule has 0 aromatic rings. The van der Waals surface area contributed by atoms with Crippen LogP contribution in [0.2, 0.25) is 0 Å². The van der Waals surface area contributed by atoms with Crippen molar-refractivity contribution in [3.8, 4) is 0 Å². The molecule has 3 nitrogen and oxygen atoms in total. The molecule has 0 amide bonds. The first-order chi connectivity index (χ1) is 4.33. The number of hydrogen-bond donors (Lipinski definition) is 2. The number of carboxylic acids is 1. The van der Waals surface area contributed by atoms with Gasteiger partial charge in [0, 0.05) is 6.42 Å². The minimum Gasteiger partial charge on any atom is -0.480 e. The van der Waals surface area contributed by atoms with Gasteiger partial charge in [-0.25, -0.2) is 8.78 Å². The Balaban J connectivity index is 3.80. The van der Waals surface area contributed by atoms with Gasteiger partial charge in [-0.05, 0) is 6.92 Å². The number of halogens is 2. The van der Waals surface area contributed by atoms with Crippen molar-refractivity contribution in [2.24, 2.45) is 5.73 Å². The van der Waals surface area contributed by atoms with E-state index in [1.807, 2.05) is 0 Å². The third-order valence-electron chi connectivity index (χ3n) is 0.896. The predicted octanol–water partition coefficient (Wildman–Crippen LogP) is 0.444. The molecule has 0 radical (unpaired) electrons. The maximum Gasteiger partial charge on any atom is 0.320 e. The highest BCUT2D eigenvalue weighted by atomic mass is 19.3. The molecule has 0 spiro atoms.